The van der Waals surface area contributed by atoms with Gasteiger partial charge in [-0.3, -0.25) is 9.59 Å². The lowest BCUT2D eigenvalue weighted by molar-refractivity contribution is -0.121. The molecule has 1 unspecified atom stereocenters. The highest BCUT2D eigenvalue weighted by atomic mass is 35.5. The summed E-state index contributed by atoms with van der Waals surface area (Å²) in [6.07, 6.45) is 1.64. The summed E-state index contributed by atoms with van der Waals surface area (Å²) in [5, 5.41) is 3.77. The Bertz CT molecular complexity index is 1060. The van der Waals surface area contributed by atoms with E-state index in [-0.39, 0.29) is 22.9 Å². The number of nitrogens with zero attached hydrogens (tertiary/aromatic N) is 1. The minimum Gasteiger partial charge on any atom is -0.354 e. The molecule has 1 aliphatic rings. The van der Waals surface area contributed by atoms with E-state index in [0.29, 0.717) is 14.4 Å². The molecule has 0 radical (unpaired) electrons. The van der Waals surface area contributed by atoms with Crippen LogP contribution in [0.5, 0.6) is 0 Å². The predicted molar refractivity (Wildman–Crippen MR) is 112 cm³/mol. The van der Waals surface area contributed by atoms with Crippen LogP contribution in [-0.2, 0) is 14.8 Å². The van der Waals surface area contributed by atoms with Crippen molar-refractivity contribution in [2.24, 2.45) is 0 Å². The number of hydrogen-bond acceptors (Lipinski definition) is 4. The van der Waals surface area contributed by atoms with Gasteiger partial charge < -0.3 is 5.32 Å². The van der Waals surface area contributed by atoms with Crippen LogP contribution in [-0.4, -0.2) is 37.6 Å². The van der Waals surface area contributed by atoms with Gasteiger partial charge in [-0.05, 0) is 36.2 Å². The van der Waals surface area contributed by atoms with Crippen LogP contribution in [0.3, 0.4) is 0 Å². The van der Waals surface area contributed by atoms with Gasteiger partial charge in [-0.15, -0.1) is 0 Å². The molecule has 1 aliphatic heterocycles. The van der Waals surface area contributed by atoms with Gasteiger partial charge in [0.15, 0.2) is 0 Å². The predicted octanol–water partition coefficient (Wildman–Crippen LogP) is 3.84. The summed E-state index contributed by atoms with van der Waals surface area (Å²) in [7, 11) is -4.02. The van der Waals surface area contributed by atoms with Crippen molar-refractivity contribution in [1.82, 2.24) is 9.62 Å². The average molecular weight is 455 g/mol. The molecule has 0 bridgehead atoms. The van der Waals surface area contributed by atoms with Crippen molar-refractivity contribution in [2.75, 3.05) is 13.1 Å². The molecule has 0 fully saturated rings. The number of rotatable bonds is 7. The summed E-state index contributed by atoms with van der Waals surface area (Å²) in [4.78, 5) is 24.8. The summed E-state index contributed by atoms with van der Waals surface area (Å²) in [6.45, 7) is 1.72. The molecule has 3 rings (SSSR count). The Morgan fingerprint density at radius 1 is 1.17 bits per heavy atom. The first-order valence-corrected chi connectivity index (χ1v) is 11.3. The van der Waals surface area contributed by atoms with Crippen LogP contribution >= 0.6 is 23.2 Å². The molecule has 9 heteroatoms. The van der Waals surface area contributed by atoms with E-state index < -0.39 is 28.4 Å². The van der Waals surface area contributed by atoms with Crippen molar-refractivity contribution in [3.05, 3.63) is 63.6 Å². The Morgan fingerprint density at radius 3 is 2.55 bits per heavy atom. The fourth-order valence-electron chi connectivity index (χ4n) is 3.36. The molecular weight excluding hydrogens is 435 g/mol. The van der Waals surface area contributed by atoms with Crippen LogP contribution in [0.4, 0.5) is 0 Å². The lowest BCUT2D eigenvalue weighted by atomic mass is 9.94. The van der Waals surface area contributed by atoms with Crippen LogP contribution in [0.15, 0.2) is 47.4 Å². The highest BCUT2D eigenvalue weighted by Crippen LogP contribution is 2.31. The number of fused-ring (bicyclic) bond motifs is 1. The minimum atomic E-state index is -4.02. The SMILES string of the molecule is CCCC(CNC(=O)CN1C(=O)c2ccccc2S1(=O)=O)c1ccc(Cl)cc1Cl. The molecule has 2 aromatic carbocycles. The van der Waals surface area contributed by atoms with E-state index in [1.54, 1.807) is 24.3 Å². The summed E-state index contributed by atoms with van der Waals surface area (Å²) < 4.78 is 25.7. The number of sulfonamides is 1. The van der Waals surface area contributed by atoms with Gasteiger partial charge in [0.25, 0.3) is 15.9 Å². The van der Waals surface area contributed by atoms with E-state index in [0.717, 1.165) is 18.4 Å². The van der Waals surface area contributed by atoms with Gasteiger partial charge in [-0.2, -0.15) is 0 Å². The third-order valence-electron chi connectivity index (χ3n) is 4.78. The molecule has 2 amide bonds. The number of amides is 2. The van der Waals surface area contributed by atoms with Crippen LogP contribution in [0.25, 0.3) is 0 Å². The van der Waals surface area contributed by atoms with Crippen molar-refractivity contribution in [2.45, 2.75) is 30.6 Å². The van der Waals surface area contributed by atoms with Crippen LogP contribution in [0.2, 0.25) is 10.0 Å². The lowest BCUT2D eigenvalue weighted by Gasteiger charge is -2.20. The van der Waals surface area contributed by atoms with Crippen LogP contribution in [0.1, 0.15) is 41.6 Å². The van der Waals surface area contributed by atoms with Crippen molar-refractivity contribution in [3.8, 4) is 0 Å². The lowest BCUT2D eigenvalue weighted by Crippen LogP contribution is -2.41. The highest BCUT2D eigenvalue weighted by Gasteiger charge is 2.41. The number of halogens is 2. The normalized spacial score (nSPS) is 15.8. The topological polar surface area (TPSA) is 83.6 Å². The Hall–Kier alpha value is -2.09. The largest absolute Gasteiger partial charge is 0.354 e. The zero-order chi connectivity index (χ0) is 21.2. The molecule has 1 N–H and O–H groups in total. The first-order chi connectivity index (χ1) is 13.8. The van der Waals surface area contributed by atoms with E-state index in [9.17, 15) is 18.0 Å². The van der Waals surface area contributed by atoms with Gasteiger partial charge in [0.2, 0.25) is 5.91 Å². The summed E-state index contributed by atoms with van der Waals surface area (Å²) in [5.41, 5.74) is 0.938. The molecule has 0 aliphatic carbocycles. The van der Waals surface area contributed by atoms with Gasteiger partial charge in [0.1, 0.15) is 11.4 Å². The van der Waals surface area contributed by atoms with Gasteiger partial charge >= 0.3 is 0 Å². The number of nitrogens with one attached hydrogen (secondary N) is 1. The maximum Gasteiger partial charge on any atom is 0.269 e. The van der Waals surface area contributed by atoms with E-state index >= 15 is 0 Å². The third-order valence-corrected chi connectivity index (χ3v) is 7.13. The number of hydrogen-bond donors (Lipinski definition) is 1. The van der Waals surface area contributed by atoms with Crippen molar-refractivity contribution in [1.29, 1.82) is 0 Å². The van der Waals surface area contributed by atoms with Crippen molar-refractivity contribution in [3.63, 3.8) is 0 Å². The van der Waals surface area contributed by atoms with Gasteiger partial charge in [0, 0.05) is 22.5 Å². The van der Waals surface area contributed by atoms with Crippen molar-refractivity contribution < 1.29 is 18.0 Å². The smallest absolute Gasteiger partial charge is 0.269 e. The molecule has 1 heterocycles. The Balaban J connectivity index is 1.70. The molecule has 154 valence electrons. The van der Waals surface area contributed by atoms with Crippen LogP contribution < -0.4 is 5.32 Å². The second-order valence-electron chi connectivity index (χ2n) is 6.77. The average Bonchev–Trinajstić information content (AvgIpc) is 2.87. The monoisotopic (exact) mass is 454 g/mol. The summed E-state index contributed by atoms with van der Waals surface area (Å²) >= 11 is 12.2. The van der Waals surface area contributed by atoms with Crippen molar-refractivity contribution >= 4 is 45.0 Å². The molecule has 2 aromatic rings. The molecule has 6 nitrogen and oxygen atoms in total. The molecule has 0 aromatic heterocycles. The van der Waals surface area contributed by atoms with Gasteiger partial charge in [-0.25, -0.2) is 12.7 Å². The molecule has 0 saturated carbocycles. The maximum absolute atomic E-state index is 12.6. The fourth-order valence-corrected chi connectivity index (χ4v) is 5.45. The third kappa shape index (κ3) is 4.42. The number of benzene rings is 2. The second kappa shape index (κ2) is 8.73. The summed E-state index contributed by atoms with van der Waals surface area (Å²) in [6, 6.07) is 11.1. The molecule has 29 heavy (non-hydrogen) atoms. The zero-order valence-corrected chi connectivity index (χ0v) is 18.0. The van der Waals surface area contributed by atoms with Crippen LogP contribution in [0, 0.1) is 0 Å². The number of carbonyl (C=O) groups excluding carboxylic acids is 2. The molecule has 0 spiro atoms. The van der Waals surface area contributed by atoms with Gasteiger partial charge in [0.05, 0.1) is 5.56 Å². The second-order valence-corrected chi connectivity index (χ2v) is 9.44. The molecular formula is C20H20Cl2N2O4S. The first-order valence-electron chi connectivity index (χ1n) is 9.13. The first kappa shape index (κ1) is 21.6. The standard InChI is InChI=1S/C20H20Cl2N2O4S/c1-2-5-13(15-9-8-14(21)10-17(15)22)11-23-19(25)12-24-20(26)16-6-3-4-7-18(16)29(24,27)28/h3-4,6-10,13H,2,5,11-12H2,1H3,(H,23,25). The van der Waals surface area contributed by atoms with E-state index in [4.69, 9.17) is 23.2 Å². The maximum atomic E-state index is 12.6. The quantitative estimate of drug-likeness (QED) is 0.688. The molecule has 0 saturated heterocycles. The summed E-state index contributed by atoms with van der Waals surface area (Å²) in [5.74, 6) is -1.31. The Kier molecular flexibility index (Phi) is 6.51. The highest BCUT2D eigenvalue weighted by molar-refractivity contribution is 7.90. The zero-order valence-electron chi connectivity index (χ0n) is 15.7. The molecule has 1 atom stereocenters. The Morgan fingerprint density at radius 2 is 1.90 bits per heavy atom. The van der Waals surface area contributed by atoms with Gasteiger partial charge in [-0.1, -0.05) is 54.7 Å². The fraction of sp³-hybridized carbons (Fsp3) is 0.300. The number of carbonyl (C=O) groups is 2. The van der Waals surface area contributed by atoms with E-state index in [1.807, 2.05) is 13.0 Å². The van der Waals surface area contributed by atoms with E-state index in [2.05, 4.69) is 5.32 Å². The van der Waals surface area contributed by atoms with E-state index in [1.165, 1.54) is 12.1 Å². The Labute approximate surface area is 179 Å². The minimum absolute atomic E-state index is 0.0585.